The number of aromatic nitrogens is 4. The van der Waals surface area contributed by atoms with Crippen LogP contribution in [0, 0.1) is 5.41 Å². The van der Waals surface area contributed by atoms with Crippen molar-refractivity contribution in [2.24, 2.45) is 5.41 Å². The first-order chi connectivity index (χ1) is 18.9. The van der Waals surface area contributed by atoms with Crippen LogP contribution in [0.3, 0.4) is 0 Å². The van der Waals surface area contributed by atoms with E-state index in [-0.39, 0.29) is 13.8 Å². The van der Waals surface area contributed by atoms with Gasteiger partial charge in [-0.15, -0.1) is 0 Å². The Bertz CT molecular complexity index is 1450. The molecule has 4 aromatic rings. The van der Waals surface area contributed by atoms with Crippen molar-refractivity contribution in [3.05, 3.63) is 94.9 Å². The minimum atomic E-state index is -0.152. The highest BCUT2D eigenvalue weighted by Gasteiger charge is 2.37. The maximum Gasteiger partial charge on any atom is 0.255 e. The molecule has 0 fully saturated rings. The first kappa shape index (κ1) is 26.6. The van der Waals surface area contributed by atoms with Gasteiger partial charge in [0.05, 0.1) is 5.69 Å². The van der Waals surface area contributed by atoms with Crippen LogP contribution in [-0.2, 0) is 13.0 Å². The predicted molar refractivity (Wildman–Crippen MR) is 162 cm³/mol. The Morgan fingerprint density at radius 1 is 0.974 bits per heavy atom. The minimum absolute atomic E-state index is 0. The second-order valence-corrected chi connectivity index (χ2v) is 10.9. The van der Waals surface area contributed by atoms with Gasteiger partial charge in [0.2, 0.25) is 11.9 Å². The highest BCUT2D eigenvalue weighted by molar-refractivity contribution is 5.63. The zero-order valence-electron chi connectivity index (χ0n) is 23.0. The minimum Gasteiger partial charge on any atom is -0.354 e. The Balaban J connectivity index is 0.00000231. The first-order valence-electron chi connectivity index (χ1n) is 13.7. The van der Waals surface area contributed by atoms with E-state index in [0.717, 1.165) is 37.3 Å². The van der Waals surface area contributed by atoms with Crippen LogP contribution in [0.25, 0.3) is 11.3 Å². The summed E-state index contributed by atoms with van der Waals surface area (Å²) < 4.78 is 1.80. The molecule has 8 heteroatoms. The Kier molecular flexibility index (Phi) is 8.02. The fourth-order valence-electron chi connectivity index (χ4n) is 5.04. The van der Waals surface area contributed by atoms with E-state index in [9.17, 15) is 4.79 Å². The van der Waals surface area contributed by atoms with E-state index in [0.29, 0.717) is 36.7 Å². The number of nitrogens with one attached hydrogen (secondary N) is 2. The van der Waals surface area contributed by atoms with Crippen molar-refractivity contribution >= 4 is 17.7 Å². The van der Waals surface area contributed by atoms with Crippen molar-refractivity contribution < 1.29 is 2.85 Å². The molecule has 1 unspecified atom stereocenters. The fraction of sp³-hybridized carbons (Fsp3) is 0.355. The summed E-state index contributed by atoms with van der Waals surface area (Å²) in [5.41, 5.74) is 2.63. The zero-order chi connectivity index (χ0) is 27.2. The molecule has 0 amide bonds. The quantitative estimate of drug-likeness (QED) is 0.286. The molecule has 39 heavy (non-hydrogen) atoms. The highest BCUT2D eigenvalue weighted by Crippen LogP contribution is 2.37. The van der Waals surface area contributed by atoms with E-state index in [4.69, 9.17) is 9.97 Å². The Hall–Kier alpha value is -4.04. The van der Waals surface area contributed by atoms with Gasteiger partial charge in [-0.25, -0.2) is 9.97 Å². The molecule has 2 aromatic heterocycles. The van der Waals surface area contributed by atoms with Crippen molar-refractivity contribution in [2.45, 2.75) is 46.2 Å². The molecule has 0 saturated heterocycles. The Morgan fingerprint density at radius 3 is 2.46 bits per heavy atom. The third-order valence-electron chi connectivity index (χ3n) is 7.12. The SMILES string of the molecule is CC(C)NCCC1(C)CN(c2ccnc(NCCc3ccccc3)n2)c2nc(-c3ccccc3)cc(=O)n2C1.[HH].[HH]. The molecule has 1 aliphatic rings. The summed E-state index contributed by atoms with van der Waals surface area (Å²) in [6.45, 7) is 9.43. The van der Waals surface area contributed by atoms with E-state index in [1.165, 1.54) is 5.56 Å². The standard InChI is InChI=1S/C31H37N7O.2H2/c1-23(2)32-19-16-31(3)21-37(27-15-18-34-29(36-27)33-17-14-24-10-6-4-7-11-24)30-35-26(20-28(39)38(30)22-31)25-12-8-5-9-13-25;;/h4-13,15,18,20,23,32H,14,16-17,19,21-22H2,1-3H3,(H,33,34,36);2*1H. The van der Waals surface area contributed by atoms with Gasteiger partial charge in [-0.1, -0.05) is 81.4 Å². The molecule has 2 aromatic carbocycles. The van der Waals surface area contributed by atoms with Crippen LogP contribution >= 0.6 is 0 Å². The van der Waals surface area contributed by atoms with Crippen molar-refractivity contribution in [3.63, 3.8) is 0 Å². The molecule has 0 bridgehead atoms. The number of anilines is 3. The van der Waals surface area contributed by atoms with Crippen molar-refractivity contribution in [3.8, 4) is 11.3 Å². The molecule has 0 aliphatic carbocycles. The van der Waals surface area contributed by atoms with Gasteiger partial charge in [0.1, 0.15) is 5.82 Å². The van der Waals surface area contributed by atoms with E-state index in [1.807, 2.05) is 54.6 Å². The predicted octanol–water partition coefficient (Wildman–Crippen LogP) is 5.39. The summed E-state index contributed by atoms with van der Waals surface area (Å²) in [4.78, 5) is 29.9. The highest BCUT2D eigenvalue weighted by atomic mass is 16.1. The molecule has 2 N–H and O–H groups in total. The smallest absolute Gasteiger partial charge is 0.255 e. The summed E-state index contributed by atoms with van der Waals surface area (Å²) in [6, 6.07) is 24.1. The first-order valence-corrected chi connectivity index (χ1v) is 13.7. The van der Waals surface area contributed by atoms with Crippen molar-refractivity contribution in [2.75, 3.05) is 29.9 Å². The van der Waals surface area contributed by atoms with Gasteiger partial charge in [0.25, 0.3) is 5.56 Å². The lowest BCUT2D eigenvalue weighted by Crippen LogP contribution is -2.48. The second kappa shape index (κ2) is 11.8. The molecule has 0 saturated carbocycles. The van der Waals surface area contributed by atoms with Crippen LogP contribution in [0.2, 0.25) is 0 Å². The van der Waals surface area contributed by atoms with Gasteiger partial charge in [0, 0.05) is 51.8 Å². The van der Waals surface area contributed by atoms with Crippen LogP contribution in [0.5, 0.6) is 0 Å². The van der Waals surface area contributed by atoms with Gasteiger partial charge >= 0.3 is 0 Å². The van der Waals surface area contributed by atoms with Gasteiger partial charge < -0.3 is 10.6 Å². The van der Waals surface area contributed by atoms with Gasteiger partial charge in [-0.05, 0) is 31.0 Å². The lowest BCUT2D eigenvalue weighted by molar-refractivity contribution is 0.230. The topological polar surface area (TPSA) is 88.0 Å². The van der Waals surface area contributed by atoms with Crippen LogP contribution in [0.4, 0.5) is 17.7 Å². The molecular formula is C31H41N7O. The number of rotatable bonds is 10. The van der Waals surface area contributed by atoms with Crippen LogP contribution in [-0.4, -0.2) is 45.2 Å². The second-order valence-electron chi connectivity index (χ2n) is 10.9. The average Bonchev–Trinajstić information content (AvgIpc) is 2.94. The monoisotopic (exact) mass is 527 g/mol. The molecule has 8 nitrogen and oxygen atoms in total. The van der Waals surface area contributed by atoms with Crippen molar-refractivity contribution in [1.82, 2.24) is 24.8 Å². The third-order valence-corrected chi connectivity index (χ3v) is 7.12. The maximum atomic E-state index is 13.5. The normalized spacial score (nSPS) is 16.8. The zero-order valence-corrected chi connectivity index (χ0v) is 23.0. The van der Waals surface area contributed by atoms with E-state index < -0.39 is 0 Å². The van der Waals surface area contributed by atoms with Gasteiger partial charge in [0.15, 0.2) is 0 Å². The molecule has 0 spiro atoms. The molecule has 0 radical (unpaired) electrons. The summed E-state index contributed by atoms with van der Waals surface area (Å²) in [6.07, 6.45) is 3.56. The number of benzene rings is 2. The van der Waals surface area contributed by atoms with Gasteiger partial charge in [-0.3, -0.25) is 14.3 Å². The summed E-state index contributed by atoms with van der Waals surface area (Å²) in [5, 5.41) is 6.90. The molecule has 3 heterocycles. The number of nitrogens with zero attached hydrogens (tertiary/aromatic N) is 5. The van der Waals surface area contributed by atoms with E-state index >= 15 is 0 Å². The Morgan fingerprint density at radius 2 is 1.72 bits per heavy atom. The molecular weight excluding hydrogens is 486 g/mol. The summed E-state index contributed by atoms with van der Waals surface area (Å²) in [5.74, 6) is 1.90. The average molecular weight is 528 g/mol. The van der Waals surface area contributed by atoms with Crippen molar-refractivity contribution in [1.29, 1.82) is 0 Å². The summed E-state index contributed by atoms with van der Waals surface area (Å²) >= 11 is 0. The van der Waals surface area contributed by atoms with Crippen LogP contribution in [0.1, 0.15) is 35.6 Å². The molecule has 1 atom stereocenters. The van der Waals surface area contributed by atoms with E-state index in [1.54, 1.807) is 16.8 Å². The third kappa shape index (κ3) is 6.52. The maximum absolute atomic E-state index is 13.5. The fourth-order valence-corrected chi connectivity index (χ4v) is 5.04. The van der Waals surface area contributed by atoms with Gasteiger partial charge in [-0.2, -0.15) is 4.98 Å². The largest absolute Gasteiger partial charge is 0.354 e. The number of fused-ring (bicyclic) bond motifs is 1. The van der Waals surface area contributed by atoms with Crippen LogP contribution in [0.15, 0.2) is 83.8 Å². The van der Waals surface area contributed by atoms with E-state index in [2.05, 4.69) is 53.4 Å². The Labute approximate surface area is 233 Å². The lowest BCUT2D eigenvalue weighted by atomic mass is 9.84. The number of hydrogen-bond donors (Lipinski definition) is 2. The summed E-state index contributed by atoms with van der Waals surface area (Å²) in [7, 11) is 0. The lowest BCUT2D eigenvalue weighted by Gasteiger charge is -2.42. The number of hydrogen-bond acceptors (Lipinski definition) is 7. The van der Waals surface area contributed by atoms with Crippen LogP contribution < -0.4 is 21.1 Å². The molecule has 1 aliphatic heterocycles. The molecule has 5 rings (SSSR count). The molecule has 206 valence electrons.